The monoisotopic (exact) mass is 295 g/mol. The zero-order valence-corrected chi connectivity index (χ0v) is 12.7. The Balaban J connectivity index is 1.91. The van der Waals surface area contributed by atoms with Gasteiger partial charge < -0.3 is 14.7 Å². The van der Waals surface area contributed by atoms with Crippen molar-refractivity contribution in [3.05, 3.63) is 47.5 Å². The lowest BCUT2D eigenvalue weighted by molar-refractivity contribution is 0.122. The van der Waals surface area contributed by atoms with E-state index in [1.807, 2.05) is 12.1 Å². The van der Waals surface area contributed by atoms with Crippen LogP contribution in [0.3, 0.4) is 0 Å². The molecule has 2 aromatic carbocycles. The molecule has 1 aliphatic heterocycles. The topological polar surface area (TPSA) is 32.7 Å². The molecule has 0 bridgehead atoms. The molecule has 0 radical (unpaired) electrons. The second-order valence-electron chi connectivity index (χ2n) is 6.07. The van der Waals surface area contributed by atoms with Crippen molar-refractivity contribution in [3.8, 4) is 16.9 Å². The molecule has 1 N–H and O–H groups in total. The van der Waals surface area contributed by atoms with E-state index in [-0.39, 0.29) is 0 Å². The number of fused-ring (bicyclic) bond motifs is 1. The molecule has 0 aromatic heterocycles. The van der Waals surface area contributed by atoms with E-state index in [2.05, 4.69) is 29.2 Å². The highest BCUT2D eigenvalue weighted by atomic mass is 16.5. The summed E-state index contributed by atoms with van der Waals surface area (Å²) >= 11 is 0. The molecule has 0 amide bonds. The molecule has 1 saturated heterocycles. The molecule has 2 aliphatic rings. The maximum absolute atomic E-state index is 10.5. The van der Waals surface area contributed by atoms with E-state index in [4.69, 9.17) is 4.74 Å². The fourth-order valence-corrected chi connectivity index (χ4v) is 3.73. The maximum atomic E-state index is 10.5. The Kier molecular flexibility index (Phi) is 3.51. The summed E-state index contributed by atoms with van der Waals surface area (Å²) in [5, 5.41) is 10.5. The minimum atomic E-state index is 0.461. The molecule has 1 heterocycles. The molecule has 4 rings (SSSR count). The van der Waals surface area contributed by atoms with Crippen molar-refractivity contribution >= 4 is 5.69 Å². The lowest BCUT2D eigenvalue weighted by Crippen LogP contribution is -2.37. The van der Waals surface area contributed by atoms with Crippen molar-refractivity contribution in [3.63, 3.8) is 0 Å². The Labute approximate surface area is 131 Å². The average Bonchev–Trinajstić information content (AvgIpc) is 3.06. The maximum Gasteiger partial charge on any atom is 0.119 e. The van der Waals surface area contributed by atoms with Crippen LogP contribution in [0.5, 0.6) is 5.75 Å². The van der Waals surface area contributed by atoms with Gasteiger partial charge in [-0.15, -0.1) is 0 Å². The molecule has 2 aromatic rings. The fourth-order valence-electron chi connectivity index (χ4n) is 3.73. The van der Waals surface area contributed by atoms with Gasteiger partial charge >= 0.3 is 0 Å². The van der Waals surface area contributed by atoms with Crippen molar-refractivity contribution < 1.29 is 9.84 Å². The van der Waals surface area contributed by atoms with Gasteiger partial charge in [0, 0.05) is 24.3 Å². The molecule has 1 aliphatic carbocycles. The van der Waals surface area contributed by atoms with Crippen molar-refractivity contribution in [2.24, 2.45) is 0 Å². The van der Waals surface area contributed by atoms with Crippen LogP contribution in [0.2, 0.25) is 0 Å². The number of ether oxygens (including phenoxy) is 1. The molecular formula is C19H21NO2. The van der Waals surface area contributed by atoms with Crippen LogP contribution >= 0.6 is 0 Å². The van der Waals surface area contributed by atoms with Crippen molar-refractivity contribution in [1.29, 1.82) is 0 Å². The summed E-state index contributed by atoms with van der Waals surface area (Å²) in [5.41, 5.74) is 6.15. The number of hydrogen-bond donors (Lipinski definition) is 1. The van der Waals surface area contributed by atoms with Crippen LogP contribution in [-0.2, 0) is 17.6 Å². The largest absolute Gasteiger partial charge is 0.508 e. The van der Waals surface area contributed by atoms with Gasteiger partial charge in [-0.1, -0.05) is 30.3 Å². The summed E-state index contributed by atoms with van der Waals surface area (Å²) in [6, 6.07) is 12.4. The van der Waals surface area contributed by atoms with Crippen LogP contribution in [0.1, 0.15) is 17.5 Å². The first kappa shape index (κ1) is 13.6. The predicted molar refractivity (Wildman–Crippen MR) is 88.6 cm³/mol. The summed E-state index contributed by atoms with van der Waals surface area (Å²) in [4.78, 5) is 2.44. The first-order chi connectivity index (χ1) is 10.8. The Hall–Kier alpha value is -2.00. The van der Waals surface area contributed by atoms with E-state index in [9.17, 15) is 5.11 Å². The SMILES string of the molecule is Oc1cc(-c2ccccc2)c(N2CCOCC2)c2c1CCC2. The lowest BCUT2D eigenvalue weighted by Gasteiger charge is -2.33. The number of aromatic hydroxyl groups is 1. The Morgan fingerprint density at radius 3 is 2.45 bits per heavy atom. The van der Waals surface area contributed by atoms with E-state index in [0.29, 0.717) is 5.75 Å². The molecule has 0 atom stereocenters. The first-order valence-corrected chi connectivity index (χ1v) is 8.10. The Bertz CT molecular complexity index is 676. The minimum absolute atomic E-state index is 0.461. The minimum Gasteiger partial charge on any atom is -0.508 e. The van der Waals surface area contributed by atoms with Gasteiger partial charge in [0.1, 0.15) is 5.75 Å². The third-order valence-corrected chi connectivity index (χ3v) is 4.76. The van der Waals surface area contributed by atoms with Gasteiger partial charge in [0.25, 0.3) is 0 Å². The average molecular weight is 295 g/mol. The van der Waals surface area contributed by atoms with E-state index in [1.165, 1.54) is 16.8 Å². The highest BCUT2D eigenvalue weighted by molar-refractivity contribution is 5.84. The molecule has 0 unspecified atom stereocenters. The number of hydrogen-bond acceptors (Lipinski definition) is 3. The van der Waals surface area contributed by atoms with Crippen molar-refractivity contribution in [1.82, 2.24) is 0 Å². The van der Waals surface area contributed by atoms with Crippen LogP contribution in [0.25, 0.3) is 11.1 Å². The van der Waals surface area contributed by atoms with Crippen LogP contribution in [0.15, 0.2) is 36.4 Å². The zero-order chi connectivity index (χ0) is 14.9. The molecule has 22 heavy (non-hydrogen) atoms. The number of anilines is 1. The standard InChI is InChI=1S/C19H21NO2/c21-18-13-17(14-5-2-1-3-6-14)19(16-8-4-7-15(16)18)20-9-11-22-12-10-20/h1-3,5-6,13,21H,4,7-12H2. The van der Waals surface area contributed by atoms with Gasteiger partial charge in [-0.05, 0) is 42.0 Å². The van der Waals surface area contributed by atoms with Gasteiger partial charge in [-0.2, -0.15) is 0 Å². The zero-order valence-electron chi connectivity index (χ0n) is 12.7. The van der Waals surface area contributed by atoms with Crippen LogP contribution < -0.4 is 4.90 Å². The molecule has 3 nitrogen and oxygen atoms in total. The quantitative estimate of drug-likeness (QED) is 0.922. The second-order valence-corrected chi connectivity index (χ2v) is 6.07. The molecule has 0 saturated carbocycles. The van der Waals surface area contributed by atoms with Crippen molar-refractivity contribution in [2.45, 2.75) is 19.3 Å². The number of rotatable bonds is 2. The third-order valence-electron chi connectivity index (χ3n) is 4.76. The first-order valence-electron chi connectivity index (χ1n) is 8.10. The Morgan fingerprint density at radius 1 is 0.955 bits per heavy atom. The van der Waals surface area contributed by atoms with Gasteiger partial charge in [-0.25, -0.2) is 0 Å². The summed E-state index contributed by atoms with van der Waals surface area (Å²) in [6.45, 7) is 3.42. The highest BCUT2D eigenvalue weighted by Gasteiger charge is 2.26. The normalized spacial score (nSPS) is 17.5. The van der Waals surface area contributed by atoms with Crippen LogP contribution in [0.4, 0.5) is 5.69 Å². The van der Waals surface area contributed by atoms with Crippen LogP contribution in [0, 0.1) is 0 Å². The number of morpholine rings is 1. The van der Waals surface area contributed by atoms with Crippen LogP contribution in [-0.4, -0.2) is 31.4 Å². The number of benzene rings is 2. The highest BCUT2D eigenvalue weighted by Crippen LogP contribution is 2.44. The number of nitrogens with zero attached hydrogens (tertiary/aromatic N) is 1. The van der Waals surface area contributed by atoms with Gasteiger partial charge in [0.2, 0.25) is 0 Å². The third kappa shape index (κ3) is 2.26. The van der Waals surface area contributed by atoms with Gasteiger partial charge in [-0.3, -0.25) is 0 Å². The summed E-state index contributed by atoms with van der Waals surface area (Å²) < 4.78 is 5.52. The van der Waals surface area contributed by atoms with Gasteiger partial charge in [0.15, 0.2) is 0 Å². The fraction of sp³-hybridized carbons (Fsp3) is 0.368. The number of phenols is 1. The predicted octanol–water partition coefficient (Wildman–Crippen LogP) is 3.38. The summed E-state index contributed by atoms with van der Waals surface area (Å²) in [5.74, 6) is 0.461. The van der Waals surface area contributed by atoms with Crippen molar-refractivity contribution in [2.75, 3.05) is 31.2 Å². The van der Waals surface area contributed by atoms with E-state index in [0.717, 1.165) is 56.7 Å². The smallest absolute Gasteiger partial charge is 0.119 e. The number of phenolic OH excluding ortho intramolecular Hbond substituents is 1. The molecule has 1 fully saturated rings. The van der Waals surface area contributed by atoms with E-state index < -0.39 is 0 Å². The molecular weight excluding hydrogens is 274 g/mol. The summed E-state index contributed by atoms with van der Waals surface area (Å²) in [7, 11) is 0. The lowest BCUT2D eigenvalue weighted by atomic mass is 9.95. The molecule has 3 heteroatoms. The summed E-state index contributed by atoms with van der Waals surface area (Å²) in [6.07, 6.45) is 3.20. The van der Waals surface area contributed by atoms with Gasteiger partial charge in [0.05, 0.1) is 13.2 Å². The Morgan fingerprint density at radius 2 is 1.68 bits per heavy atom. The molecule has 0 spiro atoms. The van der Waals surface area contributed by atoms with E-state index >= 15 is 0 Å². The second kappa shape index (κ2) is 5.65. The molecule has 114 valence electrons. The van der Waals surface area contributed by atoms with E-state index in [1.54, 1.807) is 0 Å².